The number of nitrogens with zero attached hydrogens (tertiary/aromatic N) is 1. The van der Waals surface area contributed by atoms with Crippen LogP contribution in [-0.4, -0.2) is 42.0 Å². The van der Waals surface area contributed by atoms with Crippen LogP contribution < -0.4 is 14.8 Å². The topological polar surface area (TPSA) is 96.5 Å². The van der Waals surface area contributed by atoms with Crippen molar-refractivity contribution < 1.29 is 19.4 Å². The molecular weight excluding hydrogens is 346 g/mol. The Kier molecular flexibility index (Phi) is 5.73. The summed E-state index contributed by atoms with van der Waals surface area (Å²) in [6.07, 6.45) is 1.45. The molecule has 27 heavy (non-hydrogen) atoms. The number of aliphatic hydroxyl groups is 1. The highest BCUT2D eigenvalue weighted by Gasteiger charge is 2.21. The maximum Gasteiger partial charge on any atom is 0.255 e. The minimum Gasteiger partial charge on any atom is -0.497 e. The van der Waals surface area contributed by atoms with Gasteiger partial charge in [0, 0.05) is 11.6 Å². The summed E-state index contributed by atoms with van der Waals surface area (Å²) in [6, 6.07) is 14.1. The van der Waals surface area contributed by atoms with Crippen molar-refractivity contribution in [1.82, 2.24) is 15.5 Å². The lowest BCUT2D eigenvalue weighted by Gasteiger charge is -2.17. The number of hydrogen-bond acceptors (Lipinski definition) is 5. The molecule has 0 aliphatic carbocycles. The Bertz CT molecular complexity index is 909. The van der Waals surface area contributed by atoms with Gasteiger partial charge in [-0.25, -0.2) is 0 Å². The average molecular weight is 367 g/mol. The number of carbonyl (C=O) groups is 1. The largest absolute Gasteiger partial charge is 0.497 e. The molecule has 7 heteroatoms. The SMILES string of the molecule is COc1ccc(-c2[nH]ncc2C(=O)N[C@@H](CO)c2ccccc2)c(OC)c1. The van der Waals surface area contributed by atoms with Crippen LogP contribution in [0.3, 0.4) is 0 Å². The number of rotatable bonds is 7. The first kappa shape index (κ1) is 18.5. The molecule has 0 spiro atoms. The van der Waals surface area contributed by atoms with Crippen LogP contribution in [-0.2, 0) is 0 Å². The molecule has 0 aliphatic rings. The van der Waals surface area contributed by atoms with Gasteiger partial charge in [-0.1, -0.05) is 30.3 Å². The highest BCUT2D eigenvalue weighted by molar-refractivity contribution is 6.00. The Labute approximate surface area is 157 Å². The van der Waals surface area contributed by atoms with Crippen LogP contribution >= 0.6 is 0 Å². The predicted molar refractivity (Wildman–Crippen MR) is 101 cm³/mol. The van der Waals surface area contributed by atoms with Crippen LogP contribution in [0.15, 0.2) is 54.7 Å². The molecule has 0 aliphatic heterocycles. The summed E-state index contributed by atoms with van der Waals surface area (Å²) in [7, 11) is 3.12. The summed E-state index contributed by atoms with van der Waals surface area (Å²) in [5, 5.41) is 19.4. The first-order valence-corrected chi connectivity index (χ1v) is 8.40. The van der Waals surface area contributed by atoms with Crippen LogP contribution in [0, 0.1) is 0 Å². The number of nitrogens with one attached hydrogen (secondary N) is 2. The Morgan fingerprint density at radius 3 is 2.63 bits per heavy atom. The van der Waals surface area contributed by atoms with Crippen molar-refractivity contribution >= 4 is 5.91 Å². The van der Waals surface area contributed by atoms with E-state index in [1.54, 1.807) is 32.4 Å². The number of ether oxygens (including phenoxy) is 2. The van der Waals surface area contributed by atoms with Crippen LogP contribution in [0.1, 0.15) is 22.0 Å². The van der Waals surface area contributed by atoms with Gasteiger partial charge >= 0.3 is 0 Å². The first-order valence-electron chi connectivity index (χ1n) is 8.40. The van der Waals surface area contributed by atoms with Gasteiger partial charge in [-0.3, -0.25) is 9.89 Å². The zero-order valence-electron chi connectivity index (χ0n) is 15.1. The Morgan fingerprint density at radius 2 is 1.96 bits per heavy atom. The minimum absolute atomic E-state index is 0.213. The molecule has 7 nitrogen and oxygen atoms in total. The number of aliphatic hydroxyl groups excluding tert-OH is 1. The second-order valence-electron chi connectivity index (χ2n) is 5.84. The fourth-order valence-corrected chi connectivity index (χ4v) is 2.82. The third-order valence-electron chi connectivity index (χ3n) is 4.25. The maximum atomic E-state index is 12.8. The van der Waals surface area contributed by atoms with E-state index >= 15 is 0 Å². The fraction of sp³-hybridized carbons (Fsp3) is 0.200. The zero-order valence-corrected chi connectivity index (χ0v) is 15.1. The predicted octanol–water partition coefficient (Wildman–Crippen LogP) is 2.56. The van der Waals surface area contributed by atoms with Gasteiger partial charge in [0.15, 0.2) is 0 Å². The molecule has 1 heterocycles. The quantitative estimate of drug-likeness (QED) is 0.596. The molecule has 0 radical (unpaired) electrons. The Hall–Kier alpha value is -3.32. The zero-order chi connectivity index (χ0) is 19.2. The van der Waals surface area contributed by atoms with Crippen molar-refractivity contribution in [3.05, 3.63) is 65.9 Å². The number of hydrogen-bond donors (Lipinski definition) is 3. The van der Waals surface area contributed by atoms with Gasteiger partial charge in [-0.05, 0) is 17.7 Å². The Morgan fingerprint density at radius 1 is 1.19 bits per heavy atom. The van der Waals surface area contributed by atoms with Crippen molar-refractivity contribution in [2.75, 3.05) is 20.8 Å². The second-order valence-corrected chi connectivity index (χ2v) is 5.84. The van der Waals surface area contributed by atoms with Gasteiger partial charge < -0.3 is 19.9 Å². The summed E-state index contributed by atoms with van der Waals surface area (Å²) in [5.74, 6) is 0.847. The van der Waals surface area contributed by atoms with Crippen LogP contribution in [0.4, 0.5) is 0 Å². The molecule has 1 amide bonds. The number of aromatic amines is 1. The van der Waals surface area contributed by atoms with Crippen LogP contribution in [0.25, 0.3) is 11.3 Å². The van der Waals surface area contributed by atoms with Gasteiger partial charge in [0.05, 0.1) is 44.3 Å². The summed E-state index contributed by atoms with van der Waals surface area (Å²) in [4.78, 5) is 12.8. The van der Waals surface area contributed by atoms with E-state index in [2.05, 4.69) is 15.5 Å². The summed E-state index contributed by atoms with van der Waals surface area (Å²) < 4.78 is 10.6. The average Bonchev–Trinajstić information content (AvgIpc) is 3.21. The van der Waals surface area contributed by atoms with Gasteiger partial charge in [0.1, 0.15) is 11.5 Å². The molecule has 3 rings (SSSR count). The van der Waals surface area contributed by atoms with Gasteiger partial charge in [-0.2, -0.15) is 5.10 Å². The van der Waals surface area contributed by atoms with E-state index in [0.717, 1.165) is 5.56 Å². The molecular formula is C20H21N3O4. The summed E-state index contributed by atoms with van der Waals surface area (Å²) in [6.45, 7) is -0.213. The number of methoxy groups -OCH3 is 2. The molecule has 3 aromatic rings. The van der Waals surface area contributed by atoms with Crippen LogP contribution in [0.2, 0.25) is 0 Å². The molecule has 1 aromatic heterocycles. The number of carbonyl (C=O) groups excluding carboxylic acids is 1. The van der Waals surface area contributed by atoms with Crippen molar-refractivity contribution in [2.24, 2.45) is 0 Å². The smallest absolute Gasteiger partial charge is 0.255 e. The fourth-order valence-electron chi connectivity index (χ4n) is 2.82. The van der Waals surface area contributed by atoms with E-state index in [0.29, 0.717) is 28.3 Å². The third-order valence-corrected chi connectivity index (χ3v) is 4.25. The number of H-pyrrole nitrogens is 1. The second kappa shape index (κ2) is 8.37. The van der Waals surface area contributed by atoms with Gasteiger partial charge in [0.25, 0.3) is 5.91 Å². The molecule has 3 N–H and O–H groups in total. The third kappa shape index (κ3) is 3.93. The molecule has 140 valence electrons. The summed E-state index contributed by atoms with van der Waals surface area (Å²) >= 11 is 0. The van der Waals surface area contributed by atoms with E-state index in [9.17, 15) is 9.90 Å². The molecule has 2 aromatic carbocycles. The van der Waals surface area contributed by atoms with Crippen molar-refractivity contribution in [3.8, 4) is 22.8 Å². The van der Waals surface area contributed by atoms with Crippen molar-refractivity contribution in [3.63, 3.8) is 0 Å². The van der Waals surface area contributed by atoms with Gasteiger partial charge in [0.2, 0.25) is 0 Å². The lowest BCUT2D eigenvalue weighted by molar-refractivity contribution is 0.0917. The lowest BCUT2D eigenvalue weighted by atomic mass is 10.0. The van der Waals surface area contributed by atoms with Crippen molar-refractivity contribution in [1.29, 1.82) is 0 Å². The Balaban J connectivity index is 1.90. The molecule has 0 bridgehead atoms. The summed E-state index contributed by atoms with van der Waals surface area (Å²) in [5.41, 5.74) is 2.38. The first-order chi connectivity index (χ1) is 13.2. The molecule has 0 unspecified atom stereocenters. The highest BCUT2D eigenvalue weighted by atomic mass is 16.5. The number of aromatic nitrogens is 2. The molecule has 0 fully saturated rings. The maximum absolute atomic E-state index is 12.8. The number of amides is 1. The molecule has 1 atom stereocenters. The molecule has 0 saturated carbocycles. The lowest BCUT2D eigenvalue weighted by Crippen LogP contribution is -2.30. The van der Waals surface area contributed by atoms with Crippen molar-refractivity contribution in [2.45, 2.75) is 6.04 Å². The van der Waals surface area contributed by atoms with E-state index in [1.165, 1.54) is 6.20 Å². The number of benzene rings is 2. The standard InChI is InChI=1S/C20H21N3O4/c1-26-14-8-9-15(18(10-14)27-2)19-16(11-21-23-19)20(25)22-17(12-24)13-6-4-3-5-7-13/h3-11,17,24H,12H2,1-2H3,(H,21,23)(H,22,25)/t17-/m0/s1. The van der Waals surface area contributed by atoms with E-state index in [4.69, 9.17) is 9.47 Å². The molecule has 0 saturated heterocycles. The highest BCUT2D eigenvalue weighted by Crippen LogP contribution is 2.34. The minimum atomic E-state index is -0.515. The van der Waals surface area contributed by atoms with E-state index in [1.807, 2.05) is 30.3 Å². The van der Waals surface area contributed by atoms with E-state index < -0.39 is 6.04 Å². The van der Waals surface area contributed by atoms with Crippen LogP contribution in [0.5, 0.6) is 11.5 Å². The van der Waals surface area contributed by atoms with Gasteiger partial charge in [-0.15, -0.1) is 0 Å². The monoisotopic (exact) mass is 367 g/mol. The van der Waals surface area contributed by atoms with E-state index in [-0.39, 0.29) is 12.5 Å². The normalized spacial score (nSPS) is 11.7.